The van der Waals surface area contributed by atoms with Gasteiger partial charge in [-0.15, -0.1) is 0 Å². The Kier molecular flexibility index (Phi) is 3.36. The predicted molar refractivity (Wildman–Crippen MR) is 59.4 cm³/mol. The van der Waals surface area contributed by atoms with E-state index in [0.29, 0.717) is 18.0 Å². The van der Waals surface area contributed by atoms with Crippen molar-refractivity contribution in [2.75, 3.05) is 5.32 Å². The third kappa shape index (κ3) is 2.81. The van der Waals surface area contributed by atoms with Gasteiger partial charge in [-0.1, -0.05) is 5.16 Å². The minimum absolute atomic E-state index is 0.0665. The van der Waals surface area contributed by atoms with E-state index in [9.17, 15) is 18.9 Å². The lowest BCUT2D eigenvalue weighted by molar-refractivity contribution is -0.385. The molecule has 2 rings (SSSR count). The Morgan fingerprint density at radius 3 is 2.53 bits per heavy atom. The molecule has 0 saturated carbocycles. The molecule has 7 nitrogen and oxygen atoms in total. The van der Waals surface area contributed by atoms with Crippen molar-refractivity contribution in [1.82, 2.24) is 10.1 Å². The zero-order valence-corrected chi connectivity index (χ0v) is 9.68. The average molecular weight is 270 g/mol. The number of nitrogens with one attached hydrogen (secondary N) is 1. The van der Waals surface area contributed by atoms with Gasteiger partial charge in [-0.05, 0) is 0 Å². The first-order chi connectivity index (χ1) is 8.97. The van der Waals surface area contributed by atoms with Gasteiger partial charge in [0, 0.05) is 6.92 Å². The molecule has 0 fully saturated rings. The topological polar surface area (TPSA) is 94.1 Å². The minimum Gasteiger partial charge on any atom is -0.373 e. The zero-order valence-electron chi connectivity index (χ0n) is 9.68. The van der Waals surface area contributed by atoms with Gasteiger partial charge in [0.15, 0.2) is 17.5 Å². The fourth-order valence-electron chi connectivity index (χ4n) is 1.41. The van der Waals surface area contributed by atoms with E-state index in [1.807, 2.05) is 0 Å². The van der Waals surface area contributed by atoms with Gasteiger partial charge in [-0.3, -0.25) is 10.1 Å². The van der Waals surface area contributed by atoms with E-state index >= 15 is 0 Å². The van der Waals surface area contributed by atoms with Crippen molar-refractivity contribution < 1.29 is 18.2 Å². The Balaban J connectivity index is 2.18. The Bertz CT molecular complexity index is 606. The molecule has 0 aliphatic rings. The molecular formula is C10H8F2N4O3. The van der Waals surface area contributed by atoms with Crippen LogP contribution in [0.4, 0.5) is 20.2 Å². The molecule has 0 atom stereocenters. The third-order valence-corrected chi connectivity index (χ3v) is 2.23. The van der Waals surface area contributed by atoms with Gasteiger partial charge in [0.05, 0.1) is 23.6 Å². The zero-order chi connectivity index (χ0) is 14.0. The highest BCUT2D eigenvalue weighted by Crippen LogP contribution is 2.25. The summed E-state index contributed by atoms with van der Waals surface area (Å²) in [5.41, 5.74) is -1.14. The summed E-state index contributed by atoms with van der Waals surface area (Å²) in [6.07, 6.45) is 0. The first-order valence-electron chi connectivity index (χ1n) is 5.14. The fourth-order valence-corrected chi connectivity index (χ4v) is 1.41. The summed E-state index contributed by atoms with van der Waals surface area (Å²) in [4.78, 5) is 13.4. The van der Waals surface area contributed by atoms with E-state index in [-0.39, 0.29) is 12.4 Å². The maximum absolute atomic E-state index is 13.5. The molecule has 0 amide bonds. The molecule has 1 aromatic heterocycles. The van der Waals surface area contributed by atoms with E-state index in [2.05, 4.69) is 20.0 Å². The van der Waals surface area contributed by atoms with E-state index in [0.717, 1.165) is 0 Å². The molecule has 0 unspecified atom stereocenters. The van der Waals surface area contributed by atoms with Crippen LogP contribution >= 0.6 is 0 Å². The van der Waals surface area contributed by atoms with Crippen LogP contribution in [0.3, 0.4) is 0 Å². The van der Waals surface area contributed by atoms with Crippen LogP contribution in [0.5, 0.6) is 0 Å². The molecule has 19 heavy (non-hydrogen) atoms. The van der Waals surface area contributed by atoms with Gasteiger partial charge in [-0.2, -0.15) is 4.98 Å². The molecule has 100 valence electrons. The number of benzene rings is 1. The van der Waals surface area contributed by atoms with E-state index in [4.69, 9.17) is 0 Å². The smallest absolute Gasteiger partial charge is 0.275 e. The van der Waals surface area contributed by atoms with Crippen molar-refractivity contribution in [2.24, 2.45) is 0 Å². The summed E-state index contributed by atoms with van der Waals surface area (Å²) < 4.78 is 31.7. The van der Waals surface area contributed by atoms with Crippen LogP contribution in [0.2, 0.25) is 0 Å². The predicted octanol–water partition coefficient (Wildman–Crippen LogP) is 2.18. The van der Waals surface area contributed by atoms with Crippen LogP contribution in [-0.2, 0) is 6.54 Å². The Morgan fingerprint density at radius 1 is 1.42 bits per heavy atom. The highest BCUT2D eigenvalue weighted by atomic mass is 19.1. The van der Waals surface area contributed by atoms with E-state index in [1.54, 1.807) is 6.92 Å². The number of nitro benzene ring substituents is 1. The number of nitrogens with zero attached hydrogens (tertiary/aromatic N) is 3. The average Bonchev–Trinajstić information content (AvgIpc) is 2.73. The van der Waals surface area contributed by atoms with Gasteiger partial charge in [0.2, 0.25) is 5.89 Å². The van der Waals surface area contributed by atoms with Gasteiger partial charge in [0.25, 0.3) is 5.69 Å². The molecule has 1 aromatic carbocycles. The molecule has 2 aromatic rings. The van der Waals surface area contributed by atoms with Crippen molar-refractivity contribution in [1.29, 1.82) is 0 Å². The number of hydrogen-bond acceptors (Lipinski definition) is 6. The lowest BCUT2D eigenvalue weighted by atomic mass is 10.2. The number of hydrogen-bond donors (Lipinski definition) is 1. The van der Waals surface area contributed by atoms with Gasteiger partial charge >= 0.3 is 0 Å². The number of nitro groups is 1. The largest absolute Gasteiger partial charge is 0.373 e. The molecule has 0 aliphatic carbocycles. The summed E-state index contributed by atoms with van der Waals surface area (Å²) in [7, 11) is 0. The quantitative estimate of drug-likeness (QED) is 0.675. The van der Waals surface area contributed by atoms with Crippen molar-refractivity contribution >= 4 is 11.4 Å². The van der Waals surface area contributed by atoms with Crippen LogP contribution in [0.15, 0.2) is 16.7 Å². The first-order valence-corrected chi connectivity index (χ1v) is 5.14. The lowest BCUT2D eigenvalue weighted by Crippen LogP contribution is -2.06. The maximum atomic E-state index is 13.5. The molecule has 0 aliphatic heterocycles. The van der Waals surface area contributed by atoms with Crippen LogP contribution in [-0.4, -0.2) is 15.1 Å². The van der Waals surface area contributed by atoms with Crippen molar-refractivity contribution in [3.05, 3.63) is 45.6 Å². The normalized spacial score (nSPS) is 10.5. The van der Waals surface area contributed by atoms with Crippen LogP contribution in [0.25, 0.3) is 0 Å². The summed E-state index contributed by atoms with van der Waals surface area (Å²) in [5, 5.41) is 16.4. The summed E-state index contributed by atoms with van der Waals surface area (Å²) in [6.45, 7) is 1.51. The van der Waals surface area contributed by atoms with E-state index < -0.39 is 27.9 Å². The van der Waals surface area contributed by atoms with Crippen molar-refractivity contribution in [3.8, 4) is 0 Å². The number of non-ortho nitro benzene ring substituents is 1. The molecular weight excluding hydrogens is 262 g/mol. The summed E-state index contributed by atoms with van der Waals surface area (Å²) >= 11 is 0. The summed E-state index contributed by atoms with van der Waals surface area (Å²) in [6, 6.07) is 1.26. The second-order valence-electron chi connectivity index (χ2n) is 3.62. The van der Waals surface area contributed by atoms with Crippen LogP contribution < -0.4 is 5.32 Å². The van der Waals surface area contributed by atoms with Gasteiger partial charge < -0.3 is 9.84 Å². The molecule has 0 spiro atoms. The number of anilines is 1. The third-order valence-electron chi connectivity index (χ3n) is 2.23. The molecule has 9 heteroatoms. The Morgan fingerprint density at radius 2 is 2.05 bits per heavy atom. The van der Waals surface area contributed by atoms with Crippen LogP contribution in [0, 0.1) is 28.7 Å². The van der Waals surface area contributed by atoms with Crippen molar-refractivity contribution in [2.45, 2.75) is 13.5 Å². The highest BCUT2D eigenvalue weighted by molar-refractivity contribution is 5.51. The molecule has 1 heterocycles. The fraction of sp³-hybridized carbons (Fsp3) is 0.200. The molecule has 0 bridgehead atoms. The van der Waals surface area contributed by atoms with E-state index in [1.165, 1.54) is 0 Å². The number of aryl methyl sites for hydroxylation is 1. The second-order valence-corrected chi connectivity index (χ2v) is 3.62. The van der Waals surface area contributed by atoms with Gasteiger partial charge in [-0.25, -0.2) is 8.78 Å². The monoisotopic (exact) mass is 270 g/mol. The Hall–Kier alpha value is -2.58. The van der Waals surface area contributed by atoms with Crippen molar-refractivity contribution in [3.63, 3.8) is 0 Å². The van der Waals surface area contributed by atoms with Crippen LogP contribution in [0.1, 0.15) is 11.7 Å². The van der Waals surface area contributed by atoms with Gasteiger partial charge in [0.1, 0.15) is 5.69 Å². The standard InChI is InChI=1S/C10H8F2N4O3/c1-5-14-9(15-19-5)4-13-10-7(11)2-6(16(17)18)3-8(10)12/h2-3,13H,4H2,1H3. The maximum Gasteiger partial charge on any atom is 0.275 e. The number of aromatic nitrogens is 2. The summed E-state index contributed by atoms with van der Waals surface area (Å²) in [5.74, 6) is -1.59. The number of halogens is 2. The second kappa shape index (κ2) is 4.96. The highest BCUT2D eigenvalue weighted by Gasteiger charge is 2.17. The lowest BCUT2D eigenvalue weighted by Gasteiger charge is -2.06. The minimum atomic E-state index is -1.06. The molecule has 0 saturated heterocycles. The molecule has 1 N–H and O–H groups in total. The number of rotatable bonds is 4. The Labute approximate surface area is 105 Å². The SMILES string of the molecule is Cc1nc(CNc2c(F)cc([N+](=O)[O-])cc2F)no1. The first kappa shape index (κ1) is 12.9. The molecule has 0 radical (unpaired) electrons.